The Labute approximate surface area is 131 Å². The molecule has 1 fully saturated rings. The number of carbonyl (C=O) groups excluding carboxylic acids is 1. The van der Waals surface area contributed by atoms with E-state index in [-0.39, 0.29) is 11.9 Å². The summed E-state index contributed by atoms with van der Waals surface area (Å²) in [7, 11) is 0. The van der Waals surface area contributed by atoms with Crippen LogP contribution in [0.25, 0.3) is 0 Å². The van der Waals surface area contributed by atoms with E-state index in [0.29, 0.717) is 18.9 Å². The molecule has 0 radical (unpaired) electrons. The Bertz CT molecular complexity index is 459. The first-order valence-electron chi connectivity index (χ1n) is 7.48. The minimum atomic E-state index is 0.0376. The second kappa shape index (κ2) is 8.29. The predicted molar refractivity (Wildman–Crippen MR) is 89.1 cm³/mol. The normalized spacial score (nSPS) is 18.5. The highest BCUT2D eigenvalue weighted by molar-refractivity contribution is 7.99. The van der Waals surface area contributed by atoms with Crippen LogP contribution < -0.4 is 15.4 Å². The number of ether oxygens (including phenoxy) is 1. The van der Waals surface area contributed by atoms with E-state index in [0.717, 1.165) is 29.5 Å². The topological polar surface area (TPSA) is 50.4 Å². The number of anilines is 1. The Kier molecular flexibility index (Phi) is 6.39. The molecule has 2 rings (SSSR count). The molecule has 1 aromatic rings. The summed E-state index contributed by atoms with van der Waals surface area (Å²) < 4.78 is 5.75. The van der Waals surface area contributed by atoms with Crippen molar-refractivity contribution >= 4 is 23.4 Å². The molecule has 1 atom stereocenters. The highest BCUT2D eigenvalue weighted by atomic mass is 32.2. The van der Waals surface area contributed by atoms with Crippen LogP contribution in [0, 0.1) is 5.92 Å². The van der Waals surface area contributed by atoms with E-state index >= 15 is 0 Å². The van der Waals surface area contributed by atoms with Gasteiger partial charge in [0.2, 0.25) is 5.91 Å². The molecule has 0 aromatic heterocycles. The van der Waals surface area contributed by atoms with Gasteiger partial charge in [0.05, 0.1) is 12.3 Å². The van der Waals surface area contributed by atoms with Gasteiger partial charge in [-0.3, -0.25) is 4.79 Å². The van der Waals surface area contributed by atoms with E-state index in [1.54, 1.807) is 0 Å². The van der Waals surface area contributed by atoms with Gasteiger partial charge in [-0.2, -0.15) is 11.8 Å². The van der Waals surface area contributed by atoms with E-state index in [9.17, 15) is 4.79 Å². The summed E-state index contributed by atoms with van der Waals surface area (Å²) in [5, 5.41) is 6.35. The maximum absolute atomic E-state index is 12.2. The number of para-hydroxylation sites is 2. The smallest absolute Gasteiger partial charge is 0.226 e. The van der Waals surface area contributed by atoms with Crippen LogP contribution in [0.3, 0.4) is 0 Å². The van der Waals surface area contributed by atoms with Crippen LogP contribution in [0.2, 0.25) is 0 Å². The molecule has 0 bridgehead atoms. The van der Waals surface area contributed by atoms with Gasteiger partial charge in [-0.05, 0) is 18.1 Å². The van der Waals surface area contributed by atoms with Gasteiger partial charge in [0.25, 0.3) is 0 Å². The Balaban J connectivity index is 1.90. The van der Waals surface area contributed by atoms with Gasteiger partial charge < -0.3 is 15.4 Å². The monoisotopic (exact) mass is 308 g/mol. The first kappa shape index (κ1) is 16.2. The summed E-state index contributed by atoms with van der Waals surface area (Å²) in [5.41, 5.74) is 0.756. The van der Waals surface area contributed by atoms with Gasteiger partial charge in [0.1, 0.15) is 5.75 Å². The highest BCUT2D eigenvalue weighted by Crippen LogP contribution is 2.24. The molecular formula is C16H24N2O2S. The first-order valence-corrected chi connectivity index (χ1v) is 8.63. The lowest BCUT2D eigenvalue weighted by Crippen LogP contribution is -2.39. The van der Waals surface area contributed by atoms with Crippen LogP contribution in [-0.2, 0) is 4.79 Å². The maximum Gasteiger partial charge on any atom is 0.226 e. The predicted octanol–water partition coefficient (Wildman–Crippen LogP) is 2.76. The van der Waals surface area contributed by atoms with Crippen molar-refractivity contribution in [2.45, 2.75) is 26.3 Å². The summed E-state index contributed by atoms with van der Waals surface area (Å²) in [6.45, 7) is 5.84. The number of hydrogen-bond acceptors (Lipinski definition) is 4. The number of amides is 1. The molecular weight excluding hydrogens is 284 g/mol. The molecule has 1 saturated heterocycles. The van der Waals surface area contributed by atoms with Gasteiger partial charge >= 0.3 is 0 Å². The SMILES string of the molecule is CC(C)COc1ccccc1NC(=O)CC1CSCCN1. The maximum atomic E-state index is 12.2. The first-order chi connectivity index (χ1) is 10.1. The molecule has 1 aliphatic rings. The van der Waals surface area contributed by atoms with Crippen molar-refractivity contribution in [3.05, 3.63) is 24.3 Å². The summed E-state index contributed by atoms with van der Waals surface area (Å²) in [6.07, 6.45) is 0.505. The molecule has 116 valence electrons. The molecule has 4 nitrogen and oxygen atoms in total. The van der Waals surface area contributed by atoms with E-state index in [2.05, 4.69) is 24.5 Å². The van der Waals surface area contributed by atoms with Crippen molar-refractivity contribution < 1.29 is 9.53 Å². The van der Waals surface area contributed by atoms with Gasteiger partial charge in [0.15, 0.2) is 0 Å². The number of thioether (sulfide) groups is 1. The van der Waals surface area contributed by atoms with E-state index in [4.69, 9.17) is 4.74 Å². The van der Waals surface area contributed by atoms with Crippen LogP contribution in [0.15, 0.2) is 24.3 Å². The third-order valence-corrected chi connectivity index (χ3v) is 4.29. The quantitative estimate of drug-likeness (QED) is 0.848. The molecule has 5 heteroatoms. The number of carbonyl (C=O) groups is 1. The molecule has 0 aliphatic carbocycles. The van der Waals surface area contributed by atoms with Crippen LogP contribution in [0.5, 0.6) is 5.75 Å². The number of benzene rings is 1. The zero-order chi connectivity index (χ0) is 15.1. The van der Waals surface area contributed by atoms with Crippen LogP contribution in [-0.4, -0.2) is 36.6 Å². The van der Waals surface area contributed by atoms with E-state index in [1.165, 1.54) is 0 Å². The molecule has 0 saturated carbocycles. The van der Waals surface area contributed by atoms with Crippen LogP contribution in [0.1, 0.15) is 20.3 Å². The second-order valence-electron chi connectivity index (χ2n) is 5.68. The average Bonchev–Trinajstić information content (AvgIpc) is 2.47. The van der Waals surface area contributed by atoms with Crippen molar-refractivity contribution in [3.63, 3.8) is 0 Å². The fourth-order valence-electron chi connectivity index (χ4n) is 2.13. The third-order valence-electron chi connectivity index (χ3n) is 3.16. The van der Waals surface area contributed by atoms with Crippen molar-refractivity contribution in [1.29, 1.82) is 0 Å². The third kappa shape index (κ3) is 5.59. The summed E-state index contributed by atoms with van der Waals surface area (Å²) in [4.78, 5) is 12.2. The molecule has 1 amide bonds. The van der Waals surface area contributed by atoms with Crippen LogP contribution in [0.4, 0.5) is 5.69 Å². The summed E-state index contributed by atoms with van der Waals surface area (Å²) >= 11 is 1.90. The van der Waals surface area contributed by atoms with Crippen molar-refractivity contribution in [2.75, 3.05) is 30.0 Å². The summed E-state index contributed by atoms with van der Waals surface area (Å²) in [5.74, 6) is 3.36. The molecule has 21 heavy (non-hydrogen) atoms. The Morgan fingerprint density at radius 1 is 1.48 bits per heavy atom. The Morgan fingerprint density at radius 2 is 2.29 bits per heavy atom. The van der Waals surface area contributed by atoms with Crippen molar-refractivity contribution in [1.82, 2.24) is 5.32 Å². The average molecular weight is 308 g/mol. The fraction of sp³-hybridized carbons (Fsp3) is 0.562. The lowest BCUT2D eigenvalue weighted by atomic mass is 10.2. The number of hydrogen-bond donors (Lipinski definition) is 2. The lowest BCUT2D eigenvalue weighted by molar-refractivity contribution is -0.116. The number of nitrogens with one attached hydrogen (secondary N) is 2. The van der Waals surface area contributed by atoms with Gasteiger partial charge in [-0.1, -0.05) is 26.0 Å². The van der Waals surface area contributed by atoms with Gasteiger partial charge in [0, 0.05) is 30.5 Å². The summed E-state index contributed by atoms with van der Waals surface area (Å²) in [6, 6.07) is 7.88. The Hall–Kier alpha value is -1.20. The van der Waals surface area contributed by atoms with Crippen molar-refractivity contribution in [2.24, 2.45) is 5.92 Å². The minimum Gasteiger partial charge on any atom is -0.491 e. The molecule has 1 aromatic carbocycles. The molecule has 1 aliphatic heterocycles. The Morgan fingerprint density at radius 3 is 3.00 bits per heavy atom. The van der Waals surface area contributed by atoms with Gasteiger partial charge in [-0.15, -0.1) is 0 Å². The highest BCUT2D eigenvalue weighted by Gasteiger charge is 2.17. The molecule has 2 N–H and O–H groups in total. The zero-order valence-electron chi connectivity index (χ0n) is 12.7. The molecule has 0 spiro atoms. The van der Waals surface area contributed by atoms with Crippen LogP contribution >= 0.6 is 11.8 Å². The molecule has 1 unspecified atom stereocenters. The lowest BCUT2D eigenvalue weighted by Gasteiger charge is -2.22. The molecule has 1 heterocycles. The second-order valence-corrected chi connectivity index (χ2v) is 6.83. The van der Waals surface area contributed by atoms with E-state index < -0.39 is 0 Å². The largest absolute Gasteiger partial charge is 0.491 e. The van der Waals surface area contributed by atoms with E-state index in [1.807, 2.05) is 36.0 Å². The van der Waals surface area contributed by atoms with Gasteiger partial charge in [-0.25, -0.2) is 0 Å². The minimum absolute atomic E-state index is 0.0376. The standard InChI is InChI=1S/C16H24N2O2S/c1-12(2)10-20-15-6-4-3-5-14(15)18-16(19)9-13-11-21-8-7-17-13/h3-6,12-13,17H,7-11H2,1-2H3,(H,18,19). The van der Waals surface area contributed by atoms with Crippen molar-refractivity contribution in [3.8, 4) is 5.75 Å². The number of rotatable bonds is 6. The fourth-order valence-corrected chi connectivity index (χ4v) is 3.08. The zero-order valence-corrected chi connectivity index (χ0v) is 13.5.